The maximum atomic E-state index is 11.9. The highest BCUT2D eigenvalue weighted by Crippen LogP contribution is 2.38. The number of hydrogen-bond donors (Lipinski definition) is 0. The fourth-order valence-corrected chi connectivity index (χ4v) is 3.83. The predicted octanol–water partition coefficient (Wildman–Crippen LogP) is 5.09. The number of fused-ring (bicyclic) bond motifs is 1. The average molecular weight is 328 g/mol. The Morgan fingerprint density at radius 3 is 2.24 bits per heavy atom. The van der Waals surface area contributed by atoms with Crippen LogP contribution >= 0.6 is 0 Å². The molecule has 1 aliphatic rings. The van der Waals surface area contributed by atoms with Crippen molar-refractivity contribution in [2.45, 2.75) is 31.1 Å². The summed E-state index contributed by atoms with van der Waals surface area (Å²) in [5.74, 6) is 0.267. The summed E-state index contributed by atoms with van der Waals surface area (Å²) in [5.41, 5.74) is 2.77. The van der Waals surface area contributed by atoms with Crippen LogP contribution in [0.5, 0.6) is 0 Å². The molecule has 0 spiro atoms. The molecule has 0 aliphatic heterocycles. The summed E-state index contributed by atoms with van der Waals surface area (Å²) in [7, 11) is 0. The standard InChI is InChI=1S/C23H20O2/c24-16-23(12-10-22(25)11-13-23)21-7-3-6-19(15-21)20-9-8-17-4-1-2-5-18(17)14-20/h1-9,14-16H,10-13H2. The third-order valence-corrected chi connectivity index (χ3v) is 5.45. The second-order valence-electron chi connectivity index (χ2n) is 6.96. The highest BCUT2D eigenvalue weighted by Gasteiger charge is 2.36. The Bertz CT molecular complexity index is 945. The zero-order valence-corrected chi connectivity index (χ0v) is 14.1. The molecule has 1 saturated carbocycles. The maximum Gasteiger partial charge on any atom is 0.133 e. The third-order valence-electron chi connectivity index (χ3n) is 5.45. The van der Waals surface area contributed by atoms with Gasteiger partial charge in [0.05, 0.1) is 5.41 Å². The van der Waals surface area contributed by atoms with Crippen molar-refractivity contribution in [3.05, 3.63) is 72.3 Å². The molecular weight excluding hydrogens is 308 g/mol. The second kappa shape index (κ2) is 6.29. The summed E-state index contributed by atoms with van der Waals surface area (Å²) in [6.07, 6.45) is 3.30. The Hall–Kier alpha value is -2.74. The zero-order valence-electron chi connectivity index (χ0n) is 14.1. The van der Waals surface area contributed by atoms with Crippen molar-refractivity contribution in [1.29, 1.82) is 0 Å². The minimum absolute atomic E-state index is 0.267. The largest absolute Gasteiger partial charge is 0.302 e. The molecular formula is C23H20O2. The number of ketones is 1. The summed E-state index contributed by atoms with van der Waals surface area (Å²) in [5, 5.41) is 2.43. The van der Waals surface area contributed by atoms with Crippen LogP contribution in [0.3, 0.4) is 0 Å². The van der Waals surface area contributed by atoms with Crippen LogP contribution in [0.15, 0.2) is 66.7 Å². The SMILES string of the molecule is O=CC1(c2cccc(-c3ccc4ccccc4c3)c2)CCC(=O)CC1. The quantitative estimate of drug-likeness (QED) is 0.628. The molecule has 0 amide bonds. The number of benzene rings is 3. The number of rotatable bonds is 3. The summed E-state index contributed by atoms with van der Waals surface area (Å²) < 4.78 is 0. The lowest BCUT2D eigenvalue weighted by Gasteiger charge is -2.32. The summed E-state index contributed by atoms with van der Waals surface area (Å²) in [6, 6.07) is 23.0. The highest BCUT2D eigenvalue weighted by atomic mass is 16.1. The molecule has 3 aromatic carbocycles. The topological polar surface area (TPSA) is 34.1 Å². The first-order chi connectivity index (χ1) is 12.2. The van der Waals surface area contributed by atoms with Crippen LogP contribution in [-0.2, 0) is 15.0 Å². The predicted molar refractivity (Wildman–Crippen MR) is 101 cm³/mol. The number of Topliss-reactive ketones (excluding diaryl/α,β-unsaturated/α-hetero) is 1. The van der Waals surface area contributed by atoms with Crippen molar-refractivity contribution in [3.8, 4) is 11.1 Å². The van der Waals surface area contributed by atoms with E-state index in [0.29, 0.717) is 25.7 Å². The van der Waals surface area contributed by atoms with Crippen molar-refractivity contribution in [3.63, 3.8) is 0 Å². The number of carbonyl (C=O) groups excluding carboxylic acids is 2. The van der Waals surface area contributed by atoms with Crippen molar-refractivity contribution in [2.24, 2.45) is 0 Å². The minimum Gasteiger partial charge on any atom is -0.302 e. The van der Waals surface area contributed by atoms with E-state index in [1.54, 1.807) is 0 Å². The molecule has 1 fully saturated rings. The van der Waals surface area contributed by atoms with E-state index in [2.05, 4.69) is 42.5 Å². The van der Waals surface area contributed by atoms with Crippen molar-refractivity contribution < 1.29 is 9.59 Å². The van der Waals surface area contributed by atoms with E-state index < -0.39 is 5.41 Å². The number of carbonyl (C=O) groups is 2. The molecule has 1 aliphatic carbocycles. The molecule has 2 nitrogen and oxygen atoms in total. The van der Waals surface area contributed by atoms with Gasteiger partial charge in [-0.1, -0.05) is 60.7 Å². The lowest BCUT2D eigenvalue weighted by molar-refractivity contribution is -0.123. The fraction of sp³-hybridized carbons (Fsp3) is 0.217. The molecule has 4 rings (SSSR count). The van der Waals surface area contributed by atoms with E-state index in [0.717, 1.165) is 23.0 Å². The Kier molecular flexibility index (Phi) is 3.96. The van der Waals surface area contributed by atoms with Crippen molar-refractivity contribution in [1.82, 2.24) is 0 Å². The lowest BCUT2D eigenvalue weighted by atomic mass is 9.70. The molecule has 25 heavy (non-hydrogen) atoms. The van der Waals surface area contributed by atoms with Crippen molar-refractivity contribution >= 4 is 22.8 Å². The van der Waals surface area contributed by atoms with E-state index in [4.69, 9.17) is 0 Å². The first-order valence-corrected chi connectivity index (χ1v) is 8.78. The van der Waals surface area contributed by atoms with Gasteiger partial charge in [0.25, 0.3) is 0 Å². The molecule has 3 aromatic rings. The van der Waals surface area contributed by atoms with Crippen LogP contribution in [0.4, 0.5) is 0 Å². The van der Waals surface area contributed by atoms with E-state index in [-0.39, 0.29) is 5.78 Å². The summed E-state index contributed by atoms with van der Waals surface area (Å²) in [6.45, 7) is 0. The Morgan fingerprint density at radius 2 is 1.48 bits per heavy atom. The van der Waals surface area contributed by atoms with Crippen molar-refractivity contribution in [2.75, 3.05) is 0 Å². The van der Waals surface area contributed by atoms with Crippen LogP contribution in [0, 0.1) is 0 Å². The number of aldehydes is 1. The summed E-state index contributed by atoms with van der Waals surface area (Å²) >= 11 is 0. The van der Waals surface area contributed by atoms with E-state index >= 15 is 0 Å². The minimum atomic E-state index is -0.513. The Morgan fingerprint density at radius 1 is 0.760 bits per heavy atom. The molecule has 0 unspecified atom stereocenters. The van der Waals surface area contributed by atoms with Gasteiger partial charge >= 0.3 is 0 Å². The third kappa shape index (κ3) is 2.89. The molecule has 0 atom stereocenters. The van der Waals surface area contributed by atoms with Gasteiger partial charge in [-0.3, -0.25) is 4.79 Å². The van der Waals surface area contributed by atoms with Gasteiger partial charge in [-0.05, 0) is 46.4 Å². The Labute approximate surface area is 147 Å². The zero-order chi connectivity index (χ0) is 17.3. The second-order valence-corrected chi connectivity index (χ2v) is 6.96. The lowest BCUT2D eigenvalue weighted by Crippen LogP contribution is -2.33. The van der Waals surface area contributed by atoms with Gasteiger partial charge in [-0.2, -0.15) is 0 Å². The molecule has 2 heteroatoms. The first kappa shape index (κ1) is 15.8. The first-order valence-electron chi connectivity index (χ1n) is 8.78. The van der Waals surface area contributed by atoms with Gasteiger partial charge in [0.1, 0.15) is 12.1 Å². The fourth-order valence-electron chi connectivity index (χ4n) is 3.83. The van der Waals surface area contributed by atoms with E-state index in [9.17, 15) is 9.59 Å². The van der Waals surface area contributed by atoms with Crippen LogP contribution < -0.4 is 0 Å². The average Bonchev–Trinajstić information content (AvgIpc) is 2.69. The molecule has 0 saturated heterocycles. The maximum absolute atomic E-state index is 11.9. The van der Waals surface area contributed by atoms with Crippen LogP contribution in [0.1, 0.15) is 31.2 Å². The van der Waals surface area contributed by atoms with Gasteiger partial charge in [-0.25, -0.2) is 0 Å². The monoisotopic (exact) mass is 328 g/mol. The Balaban J connectivity index is 1.75. The van der Waals surface area contributed by atoms with Gasteiger partial charge in [0.15, 0.2) is 0 Å². The van der Waals surface area contributed by atoms with Gasteiger partial charge in [0.2, 0.25) is 0 Å². The smallest absolute Gasteiger partial charge is 0.133 e. The van der Waals surface area contributed by atoms with Gasteiger partial charge < -0.3 is 4.79 Å². The normalized spacial score (nSPS) is 16.7. The molecule has 124 valence electrons. The van der Waals surface area contributed by atoms with E-state index in [1.165, 1.54) is 10.8 Å². The molecule has 0 bridgehead atoms. The number of hydrogen-bond acceptors (Lipinski definition) is 2. The van der Waals surface area contributed by atoms with Crippen LogP contribution in [0.2, 0.25) is 0 Å². The molecule has 0 radical (unpaired) electrons. The summed E-state index contributed by atoms with van der Waals surface area (Å²) in [4.78, 5) is 23.5. The molecule has 0 heterocycles. The highest BCUT2D eigenvalue weighted by molar-refractivity contribution is 5.88. The molecule has 0 aromatic heterocycles. The van der Waals surface area contributed by atoms with Crippen LogP contribution in [-0.4, -0.2) is 12.1 Å². The van der Waals surface area contributed by atoms with Gasteiger partial charge in [0, 0.05) is 12.8 Å². The van der Waals surface area contributed by atoms with E-state index in [1.807, 2.05) is 24.3 Å². The van der Waals surface area contributed by atoms with Gasteiger partial charge in [-0.15, -0.1) is 0 Å². The molecule has 0 N–H and O–H groups in total. The van der Waals surface area contributed by atoms with Crippen LogP contribution in [0.25, 0.3) is 21.9 Å².